The third kappa shape index (κ3) is 2.83. The largest absolute Gasteiger partial charge is 0.463 e. The first-order valence-electron chi connectivity index (χ1n) is 5.48. The van der Waals surface area contributed by atoms with Gasteiger partial charge in [-0.05, 0) is 24.3 Å². The Morgan fingerprint density at radius 1 is 1.00 bits per heavy atom. The highest BCUT2D eigenvalue weighted by Gasteiger charge is 1.99. The molecule has 19 heavy (non-hydrogen) atoms. The Bertz CT molecular complexity index is 621. The number of nitrogens with zero attached hydrogens (tertiary/aromatic N) is 4. The lowest BCUT2D eigenvalue weighted by Gasteiger charge is -1.82. The maximum Gasteiger partial charge on any atom is 0.270 e. The molecule has 7 heteroatoms. The van der Waals surface area contributed by atoms with Gasteiger partial charge in [0.25, 0.3) is 5.95 Å². The van der Waals surface area contributed by atoms with Crippen molar-refractivity contribution in [2.45, 2.75) is 0 Å². The summed E-state index contributed by atoms with van der Waals surface area (Å²) >= 11 is 0. The minimum atomic E-state index is 0.281. The van der Waals surface area contributed by atoms with E-state index >= 15 is 0 Å². The van der Waals surface area contributed by atoms with Crippen molar-refractivity contribution in [2.75, 3.05) is 0 Å². The van der Waals surface area contributed by atoms with Crippen LogP contribution < -0.4 is 0 Å². The number of aliphatic imine (C=N–C) groups is 2. The number of nitrogens with one attached hydrogen (secondary N) is 1. The summed E-state index contributed by atoms with van der Waals surface area (Å²) in [4.78, 5) is 12.2. The molecular weight excluding hydrogens is 246 g/mol. The molecule has 0 radical (unpaired) electrons. The normalized spacial score (nSPS) is 11.8. The molecule has 1 N–H and O–H groups in total. The van der Waals surface area contributed by atoms with Crippen LogP contribution in [0.2, 0.25) is 0 Å². The number of hydrogen-bond donors (Lipinski definition) is 1. The summed E-state index contributed by atoms with van der Waals surface area (Å²) in [5, 5.41) is 6.55. The highest BCUT2D eigenvalue weighted by molar-refractivity contribution is 5.78. The molecule has 0 saturated heterocycles. The van der Waals surface area contributed by atoms with E-state index in [2.05, 4.69) is 25.2 Å². The van der Waals surface area contributed by atoms with Gasteiger partial charge in [0.15, 0.2) is 0 Å². The molecule has 3 rings (SSSR count). The monoisotopic (exact) mass is 255 g/mol. The lowest BCUT2D eigenvalue weighted by Crippen LogP contribution is -1.75. The van der Waals surface area contributed by atoms with Gasteiger partial charge in [0.2, 0.25) is 5.95 Å². The summed E-state index contributed by atoms with van der Waals surface area (Å²) in [5.41, 5.74) is 0. The average Bonchev–Trinajstić information content (AvgIpc) is 3.16. The van der Waals surface area contributed by atoms with Gasteiger partial charge in [-0.25, -0.2) is 15.1 Å². The zero-order valence-corrected chi connectivity index (χ0v) is 9.72. The number of aromatic nitrogens is 3. The Balaban J connectivity index is 1.69. The topological polar surface area (TPSA) is 92.6 Å². The molecule has 3 aromatic heterocycles. The van der Waals surface area contributed by atoms with Gasteiger partial charge in [-0.3, -0.25) is 0 Å². The van der Waals surface area contributed by atoms with E-state index in [0.29, 0.717) is 17.5 Å². The second kappa shape index (κ2) is 5.13. The van der Waals surface area contributed by atoms with Gasteiger partial charge in [0.05, 0.1) is 25.0 Å². The summed E-state index contributed by atoms with van der Waals surface area (Å²) < 4.78 is 10.2. The van der Waals surface area contributed by atoms with Gasteiger partial charge >= 0.3 is 0 Å². The van der Waals surface area contributed by atoms with Crippen molar-refractivity contribution in [3.8, 4) is 0 Å². The van der Waals surface area contributed by atoms with Crippen LogP contribution in [0.1, 0.15) is 11.5 Å². The molecule has 0 aliphatic carbocycles. The van der Waals surface area contributed by atoms with Crippen LogP contribution in [0, 0.1) is 0 Å². The van der Waals surface area contributed by atoms with Crippen molar-refractivity contribution >= 4 is 24.3 Å². The molecular formula is C12H9N5O2. The van der Waals surface area contributed by atoms with E-state index < -0.39 is 0 Å². The van der Waals surface area contributed by atoms with Crippen molar-refractivity contribution in [1.29, 1.82) is 0 Å². The predicted octanol–water partition coefficient (Wildman–Crippen LogP) is 2.49. The van der Waals surface area contributed by atoms with Crippen LogP contribution in [0.3, 0.4) is 0 Å². The van der Waals surface area contributed by atoms with E-state index in [4.69, 9.17) is 8.83 Å². The minimum Gasteiger partial charge on any atom is -0.463 e. The molecule has 0 saturated carbocycles. The molecule has 0 spiro atoms. The Morgan fingerprint density at radius 3 is 2.32 bits per heavy atom. The van der Waals surface area contributed by atoms with Gasteiger partial charge in [0.1, 0.15) is 11.5 Å². The molecule has 0 unspecified atom stereocenters. The zero-order chi connectivity index (χ0) is 12.9. The summed E-state index contributed by atoms with van der Waals surface area (Å²) in [6.45, 7) is 0. The van der Waals surface area contributed by atoms with Crippen LogP contribution in [-0.2, 0) is 0 Å². The summed E-state index contributed by atoms with van der Waals surface area (Å²) in [6, 6.07) is 7.13. The van der Waals surface area contributed by atoms with Crippen molar-refractivity contribution in [2.24, 2.45) is 9.98 Å². The summed E-state index contributed by atoms with van der Waals surface area (Å²) in [6.07, 6.45) is 6.21. The summed E-state index contributed by atoms with van der Waals surface area (Å²) in [5.74, 6) is 1.90. The van der Waals surface area contributed by atoms with Gasteiger partial charge < -0.3 is 8.83 Å². The molecule has 0 fully saturated rings. The third-order valence-electron chi connectivity index (χ3n) is 2.17. The maximum atomic E-state index is 5.11. The van der Waals surface area contributed by atoms with E-state index in [1.807, 2.05) is 0 Å². The maximum absolute atomic E-state index is 5.11. The number of aromatic amines is 1. The number of H-pyrrole nitrogens is 1. The molecule has 3 aromatic rings. The number of hydrogen-bond acceptors (Lipinski definition) is 6. The minimum absolute atomic E-state index is 0.281. The second-order valence-corrected chi connectivity index (χ2v) is 3.51. The zero-order valence-electron chi connectivity index (χ0n) is 9.72. The van der Waals surface area contributed by atoms with E-state index in [1.54, 1.807) is 43.0 Å². The molecule has 94 valence electrons. The van der Waals surface area contributed by atoms with E-state index in [0.717, 1.165) is 0 Å². The van der Waals surface area contributed by atoms with E-state index in [1.165, 1.54) is 6.21 Å². The SMILES string of the molecule is C(=N\c1n[nH]c(/N=C/c2ccco2)n1)/c1ccco1. The van der Waals surface area contributed by atoms with Crippen LogP contribution in [0.5, 0.6) is 0 Å². The fourth-order valence-electron chi connectivity index (χ4n) is 1.34. The van der Waals surface area contributed by atoms with Crippen LogP contribution in [0.4, 0.5) is 11.9 Å². The quantitative estimate of drug-likeness (QED) is 0.725. The molecule has 0 bridgehead atoms. The molecule has 7 nitrogen and oxygen atoms in total. The van der Waals surface area contributed by atoms with Crippen molar-refractivity contribution in [3.05, 3.63) is 48.3 Å². The standard InChI is InChI=1S/C12H9N5O2/c1-3-9(18-5-1)7-13-11-15-12(17-16-11)14-8-10-4-2-6-19-10/h1-8H,(H,15,16,17)/b13-7+,14-8+. The Kier molecular flexibility index (Phi) is 3.01. The second-order valence-electron chi connectivity index (χ2n) is 3.51. The molecule has 0 aliphatic rings. The Labute approximate surface area is 107 Å². The first kappa shape index (κ1) is 11.1. The third-order valence-corrected chi connectivity index (χ3v) is 2.17. The highest BCUT2D eigenvalue weighted by Crippen LogP contribution is 2.10. The van der Waals surface area contributed by atoms with Gasteiger partial charge in [0, 0.05) is 0 Å². The fraction of sp³-hybridized carbons (Fsp3) is 0. The smallest absolute Gasteiger partial charge is 0.270 e. The van der Waals surface area contributed by atoms with Crippen LogP contribution in [0.15, 0.2) is 55.6 Å². The summed E-state index contributed by atoms with van der Waals surface area (Å²) in [7, 11) is 0. The lowest BCUT2D eigenvalue weighted by molar-refractivity contribution is 0.560. The van der Waals surface area contributed by atoms with Crippen molar-refractivity contribution in [3.63, 3.8) is 0 Å². The molecule has 0 aliphatic heterocycles. The van der Waals surface area contributed by atoms with Crippen molar-refractivity contribution in [1.82, 2.24) is 15.2 Å². The highest BCUT2D eigenvalue weighted by atomic mass is 16.3. The van der Waals surface area contributed by atoms with Crippen LogP contribution in [0.25, 0.3) is 0 Å². The number of furan rings is 2. The Hall–Kier alpha value is -2.96. The first-order valence-corrected chi connectivity index (χ1v) is 5.48. The van der Waals surface area contributed by atoms with E-state index in [9.17, 15) is 0 Å². The van der Waals surface area contributed by atoms with Crippen LogP contribution >= 0.6 is 0 Å². The molecule has 0 amide bonds. The van der Waals surface area contributed by atoms with Gasteiger partial charge in [-0.15, -0.1) is 5.10 Å². The first-order chi connectivity index (χ1) is 9.40. The van der Waals surface area contributed by atoms with Gasteiger partial charge in [-0.2, -0.15) is 4.98 Å². The van der Waals surface area contributed by atoms with Gasteiger partial charge in [-0.1, -0.05) is 0 Å². The van der Waals surface area contributed by atoms with Crippen molar-refractivity contribution < 1.29 is 8.83 Å². The molecule has 3 heterocycles. The Morgan fingerprint density at radius 2 is 1.68 bits per heavy atom. The lowest BCUT2D eigenvalue weighted by atomic mass is 10.5. The predicted molar refractivity (Wildman–Crippen MR) is 68.3 cm³/mol. The van der Waals surface area contributed by atoms with Crippen LogP contribution in [-0.4, -0.2) is 27.6 Å². The molecule has 0 aromatic carbocycles. The number of rotatable bonds is 4. The average molecular weight is 255 g/mol. The van der Waals surface area contributed by atoms with E-state index in [-0.39, 0.29) is 5.95 Å². The fourth-order valence-corrected chi connectivity index (χ4v) is 1.34. The molecule has 0 atom stereocenters.